The van der Waals surface area contributed by atoms with E-state index in [9.17, 15) is 14.0 Å². The Morgan fingerprint density at radius 3 is 2.44 bits per heavy atom. The maximum absolute atomic E-state index is 14.8. The van der Waals surface area contributed by atoms with Crippen LogP contribution >= 0.6 is 0 Å². The molecule has 0 saturated carbocycles. The molecule has 7 heteroatoms. The minimum atomic E-state index is -1.22. The number of aliphatic imine (C=N–C) groups is 1. The molecule has 1 N–H and O–H groups in total. The van der Waals surface area contributed by atoms with Gasteiger partial charge < -0.3 is 14.8 Å². The van der Waals surface area contributed by atoms with Crippen LogP contribution in [0.3, 0.4) is 0 Å². The Morgan fingerprint density at radius 2 is 1.68 bits per heavy atom. The number of aryl methyl sites for hydroxylation is 1. The number of amides is 2. The van der Waals surface area contributed by atoms with Crippen molar-refractivity contribution in [2.24, 2.45) is 4.99 Å². The first-order valence-electron chi connectivity index (χ1n) is 11.1. The molecule has 1 aromatic heterocycles. The average Bonchev–Trinajstić information content (AvgIpc) is 3.21. The Balaban J connectivity index is 1.60. The highest BCUT2D eigenvalue weighted by Gasteiger charge is 2.32. The summed E-state index contributed by atoms with van der Waals surface area (Å²) in [6.07, 6.45) is -1.22. The van der Waals surface area contributed by atoms with Gasteiger partial charge in [-0.05, 0) is 37.3 Å². The van der Waals surface area contributed by atoms with Gasteiger partial charge in [-0.1, -0.05) is 48.5 Å². The molecule has 1 atom stereocenters. The van der Waals surface area contributed by atoms with Crippen LogP contribution in [-0.4, -0.2) is 35.3 Å². The monoisotopic (exact) mass is 454 g/mol. The fraction of sp³-hybridized carbons (Fsp3) is 0.148. The van der Waals surface area contributed by atoms with Gasteiger partial charge in [0.05, 0.1) is 11.4 Å². The number of para-hydroxylation sites is 2. The molecule has 4 aromatic rings. The van der Waals surface area contributed by atoms with Crippen LogP contribution in [0.4, 0.5) is 10.1 Å². The SMILES string of the molecule is CCn1c(C(=O)NC2N=C(c3ccccc3F)c3ccccc3N(C)C2=O)cc2ccccc21. The van der Waals surface area contributed by atoms with Crippen molar-refractivity contribution in [2.75, 3.05) is 11.9 Å². The van der Waals surface area contributed by atoms with E-state index in [0.29, 0.717) is 29.2 Å². The third-order valence-corrected chi connectivity index (χ3v) is 6.10. The third kappa shape index (κ3) is 3.55. The van der Waals surface area contributed by atoms with Gasteiger partial charge in [0.2, 0.25) is 6.17 Å². The third-order valence-electron chi connectivity index (χ3n) is 6.10. The zero-order chi connectivity index (χ0) is 23.8. The van der Waals surface area contributed by atoms with Crippen molar-refractivity contribution in [3.8, 4) is 0 Å². The van der Waals surface area contributed by atoms with Crippen LogP contribution < -0.4 is 10.2 Å². The molecule has 34 heavy (non-hydrogen) atoms. The van der Waals surface area contributed by atoms with E-state index in [1.54, 1.807) is 49.5 Å². The van der Waals surface area contributed by atoms with Gasteiger partial charge >= 0.3 is 0 Å². The van der Waals surface area contributed by atoms with Crippen LogP contribution in [0.1, 0.15) is 28.5 Å². The Labute approximate surface area is 196 Å². The second-order valence-corrected chi connectivity index (χ2v) is 8.08. The topological polar surface area (TPSA) is 66.7 Å². The highest BCUT2D eigenvalue weighted by atomic mass is 19.1. The summed E-state index contributed by atoms with van der Waals surface area (Å²) in [6, 6.07) is 23.0. The average molecular weight is 455 g/mol. The maximum Gasteiger partial charge on any atom is 0.272 e. The number of nitrogens with one attached hydrogen (secondary N) is 1. The second-order valence-electron chi connectivity index (χ2n) is 8.08. The quantitative estimate of drug-likeness (QED) is 0.498. The van der Waals surface area contributed by atoms with Crippen LogP contribution in [-0.2, 0) is 11.3 Å². The Kier molecular flexibility index (Phi) is 5.45. The molecule has 0 bridgehead atoms. The molecule has 0 aliphatic carbocycles. The number of benzene rings is 3. The summed E-state index contributed by atoms with van der Waals surface area (Å²) in [5.74, 6) is -1.29. The number of carbonyl (C=O) groups excluding carboxylic acids is 2. The van der Waals surface area contributed by atoms with Crippen molar-refractivity contribution < 1.29 is 14.0 Å². The minimum Gasteiger partial charge on any atom is -0.337 e. The number of fused-ring (bicyclic) bond motifs is 2. The molecule has 1 unspecified atom stereocenters. The van der Waals surface area contributed by atoms with Gasteiger partial charge in [0.1, 0.15) is 11.5 Å². The molecule has 2 amide bonds. The van der Waals surface area contributed by atoms with E-state index in [4.69, 9.17) is 0 Å². The van der Waals surface area contributed by atoms with Crippen LogP contribution in [0, 0.1) is 5.82 Å². The highest BCUT2D eigenvalue weighted by Crippen LogP contribution is 2.28. The summed E-state index contributed by atoms with van der Waals surface area (Å²) in [5, 5.41) is 3.72. The summed E-state index contributed by atoms with van der Waals surface area (Å²) in [4.78, 5) is 32.8. The molecule has 170 valence electrons. The van der Waals surface area contributed by atoms with Crippen molar-refractivity contribution in [1.29, 1.82) is 0 Å². The highest BCUT2D eigenvalue weighted by molar-refractivity contribution is 6.20. The number of hydrogen-bond acceptors (Lipinski definition) is 3. The molecule has 0 saturated heterocycles. The number of hydrogen-bond donors (Lipinski definition) is 1. The van der Waals surface area contributed by atoms with Gasteiger partial charge in [-0.15, -0.1) is 0 Å². The van der Waals surface area contributed by atoms with E-state index < -0.39 is 23.8 Å². The first kappa shape index (κ1) is 21.6. The number of carbonyl (C=O) groups is 2. The lowest BCUT2D eigenvalue weighted by molar-refractivity contribution is -0.119. The zero-order valence-corrected chi connectivity index (χ0v) is 18.8. The normalized spacial score (nSPS) is 15.6. The maximum atomic E-state index is 14.8. The van der Waals surface area contributed by atoms with E-state index in [2.05, 4.69) is 10.3 Å². The van der Waals surface area contributed by atoms with E-state index in [-0.39, 0.29) is 5.56 Å². The van der Waals surface area contributed by atoms with E-state index in [1.807, 2.05) is 41.8 Å². The van der Waals surface area contributed by atoms with Crippen LogP contribution in [0.25, 0.3) is 10.9 Å². The fourth-order valence-corrected chi connectivity index (χ4v) is 4.42. The van der Waals surface area contributed by atoms with Gasteiger partial charge in [0, 0.05) is 35.6 Å². The smallest absolute Gasteiger partial charge is 0.272 e. The number of benzodiazepines with no additional fused rings is 1. The van der Waals surface area contributed by atoms with E-state index >= 15 is 0 Å². The van der Waals surface area contributed by atoms with Gasteiger partial charge in [0.15, 0.2) is 0 Å². The lowest BCUT2D eigenvalue weighted by Crippen LogP contribution is -2.46. The van der Waals surface area contributed by atoms with Gasteiger partial charge in [0.25, 0.3) is 11.8 Å². The summed E-state index contributed by atoms with van der Waals surface area (Å²) in [7, 11) is 1.63. The Morgan fingerprint density at radius 1 is 1.00 bits per heavy atom. The fourth-order valence-electron chi connectivity index (χ4n) is 4.42. The number of halogens is 1. The summed E-state index contributed by atoms with van der Waals surface area (Å²) in [6.45, 7) is 2.54. The van der Waals surface area contributed by atoms with Crippen molar-refractivity contribution in [2.45, 2.75) is 19.6 Å². The molecular weight excluding hydrogens is 431 g/mol. The second kappa shape index (κ2) is 8.59. The largest absolute Gasteiger partial charge is 0.337 e. The zero-order valence-electron chi connectivity index (χ0n) is 18.8. The first-order valence-corrected chi connectivity index (χ1v) is 11.1. The van der Waals surface area contributed by atoms with E-state index in [1.165, 1.54) is 11.0 Å². The van der Waals surface area contributed by atoms with Gasteiger partial charge in [-0.3, -0.25) is 9.59 Å². The minimum absolute atomic E-state index is 0.264. The number of likely N-dealkylation sites (N-methyl/N-ethyl adjacent to an activating group) is 1. The summed E-state index contributed by atoms with van der Waals surface area (Å²) < 4.78 is 16.7. The van der Waals surface area contributed by atoms with Gasteiger partial charge in [-0.25, -0.2) is 9.38 Å². The molecule has 1 aliphatic heterocycles. The molecular formula is C27H23FN4O2. The Hall–Kier alpha value is -4.26. The first-order chi connectivity index (χ1) is 16.5. The lowest BCUT2D eigenvalue weighted by atomic mass is 10.00. The molecule has 0 spiro atoms. The van der Waals surface area contributed by atoms with Crippen LogP contribution in [0.5, 0.6) is 0 Å². The predicted octanol–water partition coefficient (Wildman–Crippen LogP) is 4.37. The molecule has 0 radical (unpaired) electrons. The van der Waals surface area contributed by atoms with Crippen molar-refractivity contribution in [3.63, 3.8) is 0 Å². The predicted molar refractivity (Wildman–Crippen MR) is 131 cm³/mol. The van der Waals surface area contributed by atoms with Crippen LogP contribution in [0.15, 0.2) is 83.9 Å². The van der Waals surface area contributed by atoms with Gasteiger partial charge in [-0.2, -0.15) is 0 Å². The lowest BCUT2D eigenvalue weighted by Gasteiger charge is -2.21. The summed E-state index contributed by atoms with van der Waals surface area (Å²) in [5.41, 5.74) is 3.15. The molecule has 5 rings (SSSR count). The Bertz CT molecular complexity index is 1460. The number of aromatic nitrogens is 1. The number of nitrogens with zero attached hydrogens (tertiary/aromatic N) is 3. The van der Waals surface area contributed by atoms with Crippen molar-refractivity contribution in [1.82, 2.24) is 9.88 Å². The van der Waals surface area contributed by atoms with Crippen LogP contribution in [0.2, 0.25) is 0 Å². The van der Waals surface area contributed by atoms with E-state index in [0.717, 1.165) is 10.9 Å². The molecule has 3 aromatic carbocycles. The molecule has 0 fully saturated rings. The number of anilines is 1. The molecule has 6 nitrogen and oxygen atoms in total. The standard InChI is InChI=1S/C27H23FN4O2/c1-3-32-21-14-8-4-10-17(21)16-23(32)26(33)30-25-27(34)31(2)22-15-9-6-12-19(22)24(29-25)18-11-5-7-13-20(18)28/h4-16,25H,3H2,1-2H3,(H,30,33). The molecule has 1 aliphatic rings. The van der Waals surface area contributed by atoms with Crippen molar-refractivity contribution in [3.05, 3.63) is 102 Å². The molecule has 2 heterocycles. The van der Waals surface area contributed by atoms with Crippen molar-refractivity contribution >= 4 is 34.1 Å². The number of rotatable bonds is 4. The summed E-state index contributed by atoms with van der Waals surface area (Å²) >= 11 is 0.